The molecule has 1 aromatic heterocycles. The molecule has 0 unspecified atom stereocenters. The summed E-state index contributed by atoms with van der Waals surface area (Å²) in [6.07, 6.45) is 2.26. The van der Waals surface area contributed by atoms with Crippen LogP contribution in [0.25, 0.3) is 11.0 Å². The molecule has 164 valence electrons. The fourth-order valence-corrected chi connectivity index (χ4v) is 3.34. The molecule has 8 heteroatoms. The molecule has 0 aliphatic rings. The van der Waals surface area contributed by atoms with Crippen molar-refractivity contribution in [2.24, 2.45) is 0 Å². The van der Waals surface area contributed by atoms with E-state index in [4.69, 9.17) is 19.7 Å². The number of phenols is 1. The number of hydrogen-bond donors (Lipinski definition) is 3. The Balaban J connectivity index is 2.04. The number of nitrogen functional groups attached to an aromatic ring is 1. The van der Waals surface area contributed by atoms with Crippen LogP contribution in [0.2, 0.25) is 0 Å². The molecule has 0 saturated heterocycles. The second kappa shape index (κ2) is 9.53. The SMILES string of the molecule is CCCCC(=O)Oc1cc2oc(CC)c(C(=O)c3cc(N)cc(NOC)c3)c2cc1O. The Labute approximate surface area is 179 Å². The molecule has 4 N–H and O–H groups in total. The Morgan fingerprint density at radius 3 is 2.61 bits per heavy atom. The zero-order chi connectivity index (χ0) is 22.5. The van der Waals surface area contributed by atoms with Gasteiger partial charge in [0.1, 0.15) is 11.3 Å². The van der Waals surface area contributed by atoms with Gasteiger partial charge in [0.15, 0.2) is 17.3 Å². The summed E-state index contributed by atoms with van der Waals surface area (Å²) >= 11 is 0. The molecule has 3 rings (SSSR count). The maximum atomic E-state index is 13.4. The van der Waals surface area contributed by atoms with E-state index in [-0.39, 0.29) is 23.7 Å². The molecule has 0 saturated carbocycles. The summed E-state index contributed by atoms with van der Waals surface area (Å²) in [7, 11) is 1.46. The van der Waals surface area contributed by atoms with Crippen LogP contribution in [0.4, 0.5) is 11.4 Å². The number of unbranched alkanes of at least 4 members (excludes halogenated alkanes) is 1. The van der Waals surface area contributed by atoms with Crippen LogP contribution in [0.3, 0.4) is 0 Å². The van der Waals surface area contributed by atoms with Gasteiger partial charge in [-0.15, -0.1) is 0 Å². The summed E-state index contributed by atoms with van der Waals surface area (Å²) < 4.78 is 11.1. The first-order valence-corrected chi connectivity index (χ1v) is 10.1. The summed E-state index contributed by atoms with van der Waals surface area (Å²) in [6, 6.07) is 7.63. The number of esters is 1. The number of furan rings is 1. The summed E-state index contributed by atoms with van der Waals surface area (Å²) in [4.78, 5) is 30.2. The third kappa shape index (κ3) is 4.80. The lowest BCUT2D eigenvalue weighted by Gasteiger charge is -2.09. The number of phenolic OH excluding ortho intramolecular Hbond substituents is 1. The van der Waals surface area contributed by atoms with Gasteiger partial charge in [-0.3, -0.25) is 19.9 Å². The molecule has 0 amide bonds. The molecule has 31 heavy (non-hydrogen) atoms. The van der Waals surface area contributed by atoms with Gasteiger partial charge in [-0.2, -0.15) is 0 Å². The van der Waals surface area contributed by atoms with Crippen LogP contribution in [-0.2, 0) is 16.1 Å². The van der Waals surface area contributed by atoms with Gasteiger partial charge in [0.2, 0.25) is 0 Å². The number of rotatable bonds is 9. The van der Waals surface area contributed by atoms with Crippen molar-refractivity contribution in [2.45, 2.75) is 39.5 Å². The maximum absolute atomic E-state index is 13.4. The Morgan fingerprint density at radius 2 is 1.94 bits per heavy atom. The van der Waals surface area contributed by atoms with Crippen molar-refractivity contribution in [1.82, 2.24) is 0 Å². The Kier molecular flexibility index (Phi) is 6.81. The van der Waals surface area contributed by atoms with E-state index in [0.717, 1.165) is 6.42 Å². The molecule has 0 bridgehead atoms. The van der Waals surface area contributed by atoms with Crippen LogP contribution in [0, 0.1) is 0 Å². The van der Waals surface area contributed by atoms with E-state index in [2.05, 4.69) is 5.48 Å². The average molecular weight is 426 g/mol. The highest BCUT2D eigenvalue weighted by molar-refractivity contribution is 6.17. The van der Waals surface area contributed by atoms with Gasteiger partial charge in [-0.05, 0) is 30.7 Å². The Bertz CT molecular complexity index is 1120. The molecular formula is C23H26N2O6. The normalized spacial score (nSPS) is 10.9. The third-order valence-corrected chi connectivity index (χ3v) is 4.79. The molecule has 0 aliphatic carbocycles. The van der Waals surface area contributed by atoms with Gasteiger partial charge < -0.3 is 20.0 Å². The van der Waals surface area contributed by atoms with Crippen molar-refractivity contribution >= 4 is 34.1 Å². The lowest BCUT2D eigenvalue weighted by atomic mass is 9.98. The minimum atomic E-state index is -0.437. The quantitative estimate of drug-likeness (QED) is 0.149. The number of fused-ring (bicyclic) bond motifs is 1. The third-order valence-electron chi connectivity index (χ3n) is 4.79. The zero-order valence-corrected chi connectivity index (χ0v) is 17.8. The van der Waals surface area contributed by atoms with Gasteiger partial charge in [-0.25, -0.2) is 0 Å². The van der Waals surface area contributed by atoms with Crippen LogP contribution in [0.5, 0.6) is 11.5 Å². The molecule has 8 nitrogen and oxygen atoms in total. The lowest BCUT2D eigenvalue weighted by molar-refractivity contribution is -0.134. The molecule has 2 aromatic carbocycles. The molecule has 3 aromatic rings. The van der Waals surface area contributed by atoms with Crippen LogP contribution in [-0.4, -0.2) is 24.0 Å². The second-order valence-electron chi connectivity index (χ2n) is 7.13. The van der Waals surface area contributed by atoms with Gasteiger partial charge >= 0.3 is 5.97 Å². The number of ether oxygens (including phenoxy) is 1. The first kappa shape index (κ1) is 22.2. The van der Waals surface area contributed by atoms with Crippen LogP contribution in [0.15, 0.2) is 34.7 Å². The number of hydrogen-bond acceptors (Lipinski definition) is 8. The Hall–Kier alpha value is -3.52. The number of nitrogens with one attached hydrogen (secondary N) is 1. The first-order chi connectivity index (χ1) is 14.9. The number of benzene rings is 2. The number of carbonyl (C=O) groups is 2. The topological polar surface area (TPSA) is 124 Å². The van der Waals surface area contributed by atoms with Crippen LogP contribution >= 0.6 is 0 Å². The predicted octanol–water partition coefficient (Wildman–Crippen LogP) is 4.58. The minimum absolute atomic E-state index is 0.000425. The van der Waals surface area contributed by atoms with Crippen molar-refractivity contribution in [3.05, 3.63) is 47.2 Å². The van der Waals surface area contributed by atoms with E-state index < -0.39 is 5.97 Å². The lowest BCUT2D eigenvalue weighted by Crippen LogP contribution is -2.07. The molecule has 1 heterocycles. The minimum Gasteiger partial charge on any atom is -0.504 e. The Morgan fingerprint density at radius 1 is 1.16 bits per heavy atom. The molecule has 0 fully saturated rings. The van der Waals surface area contributed by atoms with Gasteiger partial charge in [0.25, 0.3) is 0 Å². The molecule has 0 aliphatic heterocycles. The van der Waals surface area contributed by atoms with E-state index >= 15 is 0 Å². The first-order valence-electron chi connectivity index (χ1n) is 10.1. The average Bonchev–Trinajstić information content (AvgIpc) is 3.09. The van der Waals surface area contributed by atoms with E-state index in [9.17, 15) is 14.7 Å². The number of anilines is 2. The highest BCUT2D eigenvalue weighted by Crippen LogP contribution is 2.37. The van der Waals surface area contributed by atoms with E-state index in [1.807, 2.05) is 13.8 Å². The van der Waals surface area contributed by atoms with Crippen molar-refractivity contribution in [3.8, 4) is 11.5 Å². The summed E-state index contributed by atoms with van der Waals surface area (Å²) in [5, 5.41) is 10.9. The summed E-state index contributed by atoms with van der Waals surface area (Å²) in [5.41, 5.74) is 10.5. The monoisotopic (exact) mass is 426 g/mol. The molecule has 0 spiro atoms. The molecule has 0 radical (unpaired) electrons. The highest BCUT2D eigenvalue weighted by Gasteiger charge is 2.24. The number of aryl methyl sites for hydroxylation is 1. The van der Waals surface area contributed by atoms with Gasteiger partial charge in [0.05, 0.1) is 18.4 Å². The van der Waals surface area contributed by atoms with Crippen LogP contribution in [0.1, 0.15) is 54.8 Å². The van der Waals surface area contributed by atoms with Gasteiger partial charge in [-0.1, -0.05) is 20.3 Å². The second-order valence-corrected chi connectivity index (χ2v) is 7.13. The maximum Gasteiger partial charge on any atom is 0.311 e. The fourth-order valence-electron chi connectivity index (χ4n) is 3.34. The van der Waals surface area contributed by atoms with Gasteiger partial charge in [0, 0.05) is 35.5 Å². The van der Waals surface area contributed by atoms with Crippen molar-refractivity contribution < 1.29 is 28.7 Å². The van der Waals surface area contributed by atoms with E-state index in [0.29, 0.717) is 52.1 Å². The number of nitrogens with two attached hydrogens (primary N) is 1. The molecular weight excluding hydrogens is 400 g/mol. The number of ketones is 1. The standard InChI is InChI=1S/C23H26N2O6/c1-4-6-7-21(27)31-20-12-19-16(11-17(20)26)22(18(5-2)30-19)23(28)13-8-14(24)10-15(9-13)25-29-3/h8-12,25-26H,4-7,24H2,1-3H3. The van der Waals surface area contributed by atoms with Crippen LogP contribution < -0.4 is 16.0 Å². The fraction of sp³-hybridized carbons (Fsp3) is 0.304. The summed E-state index contributed by atoms with van der Waals surface area (Å²) in [6.45, 7) is 3.83. The van der Waals surface area contributed by atoms with Crippen molar-refractivity contribution in [3.63, 3.8) is 0 Å². The van der Waals surface area contributed by atoms with Crippen molar-refractivity contribution in [2.75, 3.05) is 18.3 Å². The smallest absolute Gasteiger partial charge is 0.311 e. The predicted molar refractivity (Wildman–Crippen MR) is 117 cm³/mol. The highest BCUT2D eigenvalue weighted by atomic mass is 16.6. The number of aromatic hydroxyl groups is 1. The largest absolute Gasteiger partial charge is 0.504 e. The molecule has 0 atom stereocenters. The number of carbonyl (C=O) groups excluding carboxylic acids is 2. The van der Waals surface area contributed by atoms with E-state index in [1.54, 1.807) is 18.2 Å². The van der Waals surface area contributed by atoms with Crippen molar-refractivity contribution in [1.29, 1.82) is 0 Å². The van der Waals surface area contributed by atoms with E-state index in [1.165, 1.54) is 19.2 Å². The summed E-state index contributed by atoms with van der Waals surface area (Å²) in [5.74, 6) is -0.539. The zero-order valence-electron chi connectivity index (χ0n) is 17.8.